The third-order valence-electron chi connectivity index (χ3n) is 3.17. The van der Waals surface area contributed by atoms with Crippen LogP contribution in [0.1, 0.15) is 37.5 Å². The zero-order valence-electron chi connectivity index (χ0n) is 10.8. The van der Waals surface area contributed by atoms with Gasteiger partial charge in [-0.15, -0.1) is 0 Å². The molecule has 18 heavy (non-hydrogen) atoms. The first kappa shape index (κ1) is 12.6. The Morgan fingerprint density at radius 2 is 1.94 bits per heavy atom. The molecule has 0 bridgehead atoms. The summed E-state index contributed by atoms with van der Waals surface area (Å²) in [7, 11) is 0. The summed E-state index contributed by atoms with van der Waals surface area (Å²) >= 11 is 0. The number of hydrogen-bond donors (Lipinski definition) is 1. The van der Waals surface area contributed by atoms with Crippen LogP contribution in [0.5, 0.6) is 0 Å². The van der Waals surface area contributed by atoms with Crippen LogP contribution in [-0.2, 0) is 21.4 Å². The second-order valence-corrected chi connectivity index (χ2v) is 5.63. The Balaban J connectivity index is 2.60. The number of carboxylic acids is 1. The Hall–Kier alpha value is -1.90. The summed E-state index contributed by atoms with van der Waals surface area (Å²) in [6, 6.07) is 5.72. The summed E-state index contributed by atoms with van der Waals surface area (Å²) in [5.74, 6) is -1.20. The van der Waals surface area contributed by atoms with E-state index < -0.39 is 5.97 Å². The van der Waals surface area contributed by atoms with E-state index in [1.807, 2.05) is 18.2 Å². The number of rotatable bonds is 1. The van der Waals surface area contributed by atoms with E-state index in [0.29, 0.717) is 5.56 Å². The van der Waals surface area contributed by atoms with E-state index in [4.69, 9.17) is 0 Å². The van der Waals surface area contributed by atoms with E-state index in [-0.39, 0.29) is 23.2 Å². The molecule has 0 unspecified atom stereocenters. The van der Waals surface area contributed by atoms with Gasteiger partial charge in [0.25, 0.3) is 0 Å². The van der Waals surface area contributed by atoms with Crippen LogP contribution in [0.15, 0.2) is 24.3 Å². The van der Waals surface area contributed by atoms with Gasteiger partial charge in [0, 0.05) is 6.42 Å². The van der Waals surface area contributed by atoms with Crippen LogP contribution in [0.2, 0.25) is 0 Å². The average molecular weight is 244 g/mol. The lowest BCUT2D eigenvalue weighted by Gasteiger charge is -2.22. The Morgan fingerprint density at radius 1 is 1.28 bits per heavy atom. The fourth-order valence-electron chi connectivity index (χ4n) is 2.10. The molecule has 0 aliphatic heterocycles. The molecular formula is C15H16O3. The molecule has 94 valence electrons. The van der Waals surface area contributed by atoms with Crippen molar-refractivity contribution >= 4 is 17.3 Å². The van der Waals surface area contributed by atoms with Crippen molar-refractivity contribution in [2.75, 3.05) is 0 Å². The topological polar surface area (TPSA) is 54.4 Å². The van der Waals surface area contributed by atoms with Crippen molar-refractivity contribution in [2.24, 2.45) is 0 Å². The Labute approximate surface area is 106 Å². The van der Waals surface area contributed by atoms with E-state index in [9.17, 15) is 14.7 Å². The van der Waals surface area contributed by atoms with Crippen molar-refractivity contribution in [3.8, 4) is 0 Å². The highest BCUT2D eigenvalue weighted by Gasteiger charge is 2.24. The van der Waals surface area contributed by atoms with Gasteiger partial charge in [0.1, 0.15) is 0 Å². The summed E-state index contributed by atoms with van der Waals surface area (Å²) in [5.41, 5.74) is 2.61. The van der Waals surface area contributed by atoms with Gasteiger partial charge in [-0.3, -0.25) is 4.79 Å². The maximum atomic E-state index is 11.5. The van der Waals surface area contributed by atoms with E-state index in [1.165, 1.54) is 6.08 Å². The molecule has 1 aromatic carbocycles. The minimum absolute atomic E-state index is 0.0416. The highest BCUT2D eigenvalue weighted by atomic mass is 16.4. The molecule has 1 aliphatic carbocycles. The van der Waals surface area contributed by atoms with E-state index >= 15 is 0 Å². The first-order valence-corrected chi connectivity index (χ1v) is 5.90. The molecule has 0 radical (unpaired) electrons. The van der Waals surface area contributed by atoms with E-state index in [1.54, 1.807) is 0 Å². The molecule has 3 heteroatoms. The minimum atomic E-state index is -1.05. The average Bonchev–Trinajstić information content (AvgIpc) is 2.25. The molecule has 0 saturated carbocycles. The summed E-state index contributed by atoms with van der Waals surface area (Å²) in [4.78, 5) is 22.7. The molecule has 3 nitrogen and oxygen atoms in total. The standard InChI is InChI=1S/C15H16O3/c1-15(2,3)10-5-4-9-6-11(16)8-13(14(17)18)12(9)7-10/h4-5,7-8H,6H2,1-3H3,(H,17,18). The second-order valence-electron chi connectivity index (χ2n) is 5.63. The highest BCUT2D eigenvalue weighted by Crippen LogP contribution is 2.30. The zero-order valence-corrected chi connectivity index (χ0v) is 10.8. The van der Waals surface area contributed by atoms with Crippen molar-refractivity contribution in [2.45, 2.75) is 32.6 Å². The van der Waals surface area contributed by atoms with Crippen molar-refractivity contribution in [1.82, 2.24) is 0 Å². The Kier molecular flexibility index (Phi) is 2.85. The smallest absolute Gasteiger partial charge is 0.336 e. The maximum Gasteiger partial charge on any atom is 0.336 e. The third-order valence-corrected chi connectivity index (χ3v) is 3.17. The normalized spacial score (nSPS) is 15.1. The summed E-state index contributed by atoms with van der Waals surface area (Å²) < 4.78 is 0. The van der Waals surface area contributed by atoms with Gasteiger partial charge in [0.2, 0.25) is 0 Å². The van der Waals surface area contributed by atoms with Gasteiger partial charge in [0.15, 0.2) is 5.78 Å². The molecule has 0 aromatic heterocycles. The number of carbonyl (C=O) groups excluding carboxylic acids is 1. The summed E-state index contributed by atoms with van der Waals surface area (Å²) in [6.45, 7) is 6.23. The van der Waals surface area contributed by atoms with Gasteiger partial charge < -0.3 is 5.11 Å². The quantitative estimate of drug-likeness (QED) is 0.826. The molecule has 0 heterocycles. The van der Waals surface area contributed by atoms with Gasteiger partial charge in [-0.1, -0.05) is 39.0 Å². The van der Waals surface area contributed by atoms with Crippen molar-refractivity contribution < 1.29 is 14.7 Å². The fraction of sp³-hybridized carbons (Fsp3) is 0.333. The van der Waals surface area contributed by atoms with E-state index in [0.717, 1.165) is 11.1 Å². The number of carbonyl (C=O) groups is 2. The van der Waals surface area contributed by atoms with Crippen LogP contribution < -0.4 is 0 Å². The molecule has 1 N–H and O–H groups in total. The lowest BCUT2D eigenvalue weighted by Crippen LogP contribution is -2.17. The molecule has 1 aromatic rings. The van der Waals surface area contributed by atoms with Crippen molar-refractivity contribution in [1.29, 1.82) is 0 Å². The number of allylic oxidation sites excluding steroid dienone is 1. The van der Waals surface area contributed by atoms with Crippen LogP contribution in [0.4, 0.5) is 0 Å². The minimum Gasteiger partial charge on any atom is -0.478 e. The lowest BCUT2D eigenvalue weighted by molar-refractivity contribution is -0.130. The van der Waals surface area contributed by atoms with Crippen LogP contribution in [0, 0.1) is 0 Å². The number of aliphatic carboxylic acids is 1. The SMILES string of the molecule is CC(C)(C)c1ccc2c(c1)C(C(=O)O)=CC(=O)C2. The lowest BCUT2D eigenvalue weighted by atomic mass is 9.81. The number of carboxylic acid groups (broad SMARTS) is 1. The predicted octanol–water partition coefficient (Wildman–Crippen LogP) is 2.58. The van der Waals surface area contributed by atoms with Gasteiger partial charge in [-0.25, -0.2) is 4.79 Å². The highest BCUT2D eigenvalue weighted by molar-refractivity contribution is 6.23. The van der Waals surface area contributed by atoms with Crippen LogP contribution >= 0.6 is 0 Å². The van der Waals surface area contributed by atoms with Gasteiger partial charge >= 0.3 is 5.97 Å². The Bertz CT molecular complexity index is 560. The maximum absolute atomic E-state index is 11.5. The van der Waals surface area contributed by atoms with Gasteiger partial charge in [-0.05, 0) is 28.2 Å². The van der Waals surface area contributed by atoms with Crippen LogP contribution in [-0.4, -0.2) is 16.9 Å². The predicted molar refractivity (Wildman–Crippen MR) is 69.5 cm³/mol. The first-order chi connectivity index (χ1) is 8.29. The van der Waals surface area contributed by atoms with E-state index in [2.05, 4.69) is 20.8 Å². The first-order valence-electron chi connectivity index (χ1n) is 5.90. The largest absolute Gasteiger partial charge is 0.478 e. The van der Waals surface area contributed by atoms with Crippen molar-refractivity contribution in [3.63, 3.8) is 0 Å². The zero-order chi connectivity index (χ0) is 13.5. The molecule has 0 saturated heterocycles. The number of benzene rings is 1. The molecule has 1 aliphatic rings. The summed E-state index contributed by atoms with van der Waals surface area (Å²) in [6.07, 6.45) is 1.52. The molecule has 0 atom stereocenters. The number of fused-ring (bicyclic) bond motifs is 1. The van der Waals surface area contributed by atoms with Crippen LogP contribution in [0.25, 0.3) is 5.57 Å². The number of hydrogen-bond acceptors (Lipinski definition) is 2. The fourth-order valence-corrected chi connectivity index (χ4v) is 2.10. The monoisotopic (exact) mass is 244 g/mol. The molecular weight excluding hydrogens is 228 g/mol. The van der Waals surface area contributed by atoms with Crippen molar-refractivity contribution in [3.05, 3.63) is 41.0 Å². The third kappa shape index (κ3) is 2.21. The molecule has 0 spiro atoms. The van der Waals surface area contributed by atoms with Crippen LogP contribution in [0.3, 0.4) is 0 Å². The van der Waals surface area contributed by atoms with Gasteiger partial charge in [0.05, 0.1) is 5.57 Å². The van der Waals surface area contributed by atoms with Gasteiger partial charge in [-0.2, -0.15) is 0 Å². The summed E-state index contributed by atoms with van der Waals surface area (Å²) in [5, 5.41) is 9.18. The molecule has 0 amide bonds. The molecule has 0 fully saturated rings. The second kappa shape index (κ2) is 4.09. The molecule has 2 rings (SSSR count). The number of ketones is 1. The Morgan fingerprint density at radius 3 is 2.50 bits per heavy atom.